The van der Waals surface area contributed by atoms with Crippen LogP contribution in [0.25, 0.3) is 0 Å². The third kappa shape index (κ3) is 2.42. The molecule has 0 saturated carbocycles. The molecule has 0 atom stereocenters. The second-order valence-electron chi connectivity index (χ2n) is 4.38. The fourth-order valence-electron chi connectivity index (χ4n) is 2.45. The molecule has 2 rings (SSSR count). The maximum absolute atomic E-state index is 10.2. The molecule has 18 heavy (non-hydrogen) atoms. The summed E-state index contributed by atoms with van der Waals surface area (Å²) in [6, 6.07) is 1.63. The molecule has 1 heterocycles. The van der Waals surface area contributed by atoms with Crippen molar-refractivity contribution in [1.82, 2.24) is 5.32 Å². The van der Waals surface area contributed by atoms with E-state index in [2.05, 4.69) is 21.2 Å². The van der Waals surface area contributed by atoms with Crippen LogP contribution in [0.4, 0.5) is 0 Å². The molecule has 100 valence electrons. The molecule has 1 fully saturated rings. The molecular weight excluding hydrogens is 298 g/mol. The van der Waals surface area contributed by atoms with Crippen LogP contribution in [-0.4, -0.2) is 32.4 Å². The van der Waals surface area contributed by atoms with Crippen LogP contribution < -0.4 is 14.8 Å². The van der Waals surface area contributed by atoms with E-state index in [0.717, 1.165) is 36.0 Å². The number of hydrogen-bond donors (Lipinski definition) is 2. The first-order chi connectivity index (χ1) is 8.69. The van der Waals surface area contributed by atoms with Gasteiger partial charge in [0.15, 0.2) is 11.5 Å². The van der Waals surface area contributed by atoms with Crippen LogP contribution in [0.2, 0.25) is 0 Å². The summed E-state index contributed by atoms with van der Waals surface area (Å²) in [6.07, 6.45) is 2.03. The number of methoxy groups -OCH3 is 2. The maximum atomic E-state index is 10.2. The van der Waals surface area contributed by atoms with Crippen LogP contribution >= 0.6 is 15.9 Å². The molecule has 0 radical (unpaired) electrons. The van der Waals surface area contributed by atoms with Crippen molar-refractivity contribution in [2.75, 3.05) is 27.3 Å². The highest BCUT2D eigenvalue weighted by Crippen LogP contribution is 2.47. The van der Waals surface area contributed by atoms with Gasteiger partial charge in [0.2, 0.25) is 0 Å². The molecule has 0 aliphatic carbocycles. The number of benzene rings is 1. The molecule has 2 N–H and O–H groups in total. The molecule has 1 aliphatic rings. The Morgan fingerprint density at radius 1 is 1.28 bits per heavy atom. The fourth-order valence-corrected chi connectivity index (χ4v) is 3.34. The summed E-state index contributed by atoms with van der Waals surface area (Å²) in [7, 11) is 3.17. The summed E-state index contributed by atoms with van der Waals surface area (Å²) in [4.78, 5) is 0. The minimum absolute atomic E-state index is 0.270. The van der Waals surface area contributed by atoms with E-state index in [9.17, 15) is 5.11 Å². The largest absolute Gasteiger partial charge is 0.507 e. The highest BCUT2D eigenvalue weighted by molar-refractivity contribution is 9.10. The Kier molecular flexibility index (Phi) is 4.35. The van der Waals surface area contributed by atoms with E-state index in [4.69, 9.17) is 9.47 Å². The Bertz CT molecular complexity index is 431. The number of nitrogens with one attached hydrogen (secondary N) is 1. The van der Waals surface area contributed by atoms with Crippen LogP contribution in [0, 0.1) is 0 Å². The molecule has 4 nitrogen and oxygen atoms in total. The smallest absolute Gasteiger partial charge is 0.175 e. The minimum atomic E-state index is 0.270. The quantitative estimate of drug-likeness (QED) is 0.900. The molecule has 0 amide bonds. The first-order valence-corrected chi connectivity index (χ1v) is 6.82. The molecular formula is C13H18BrNO3. The van der Waals surface area contributed by atoms with Gasteiger partial charge >= 0.3 is 0 Å². The molecule has 0 spiro atoms. The Morgan fingerprint density at radius 3 is 2.50 bits per heavy atom. The van der Waals surface area contributed by atoms with Gasteiger partial charge < -0.3 is 19.9 Å². The summed E-state index contributed by atoms with van der Waals surface area (Å²) < 4.78 is 11.4. The lowest BCUT2D eigenvalue weighted by Gasteiger charge is -2.26. The van der Waals surface area contributed by atoms with Crippen molar-refractivity contribution in [3.05, 3.63) is 16.1 Å². The van der Waals surface area contributed by atoms with Crippen molar-refractivity contribution in [2.24, 2.45) is 0 Å². The lowest BCUT2D eigenvalue weighted by Crippen LogP contribution is -2.26. The van der Waals surface area contributed by atoms with Gasteiger partial charge in [-0.15, -0.1) is 0 Å². The zero-order chi connectivity index (χ0) is 13.1. The van der Waals surface area contributed by atoms with Gasteiger partial charge in [0.1, 0.15) is 5.75 Å². The summed E-state index contributed by atoms with van der Waals surface area (Å²) in [5.41, 5.74) is 0.925. The summed E-state index contributed by atoms with van der Waals surface area (Å²) in [6.45, 7) is 1.95. The Hall–Kier alpha value is -0.940. The number of aromatic hydroxyl groups is 1. The van der Waals surface area contributed by atoms with E-state index in [1.165, 1.54) is 0 Å². The predicted octanol–water partition coefficient (Wildman–Crippen LogP) is 2.64. The number of ether oxygens (including phenoxy) is 2. The SMILES string of the molecule is COc1cc(O)c(C2CCNCC2)c(Br)c1OC. The molecule has 1 aliphatic heterocycles. The fraction of sp³-hybridized carbons (Fsp3) is 0.538. The van der Waals surface area contributed by atoms with Crippen molar-refractivity contribution in [2.45, 2.75) is 18.8 Å². The van der Waals surface area contributed by atoms with Gasteiger partial charge in [0.25, 0.3) is 0 Å². The van der Waals surface area contributed by atoms with Gasteiger partial charge in [-0.2, -0.15) is 0 Å². The third-order valence-corrected chi connectivity index (χ3v) is 4.16. The number of phenols is 1. The number of phenolic OH excluding ortho intramolecular Hbond substituents is 1. The molecule has 1 saturated heterocycles. The van der Waals surface area contributed by atoms with Gasteiger partial charge in [-0.25, -0.2) is 0 Å². The average Bonchev–Trinajstić information content (AvgIpc) is 2.39. The van der Waals surface area contributed by atoms with Crippen LogP contribution in [0.1, 0.15) is 24.3 Å². The topological polar surface area (TPSA) is 50.7 Å². The molecule has 0 bridgehead atoms. The summed E-state index contributed by atoms with van der Waals surface area (Å²) in [5, 5.41) is 13.5. The van der Waals surface area contributed by atoms with Crippen molar-refractivity contribution in [3.8, 4) is 17.2 Å². The second kappa shape index (κ2) is 5.80. The molecule has 1 aromatic carbocycles. The normalized spacial score (nSPS) is 16.6. The molecule has 5 heteroatoms. The van der Waals surface area contributed by atoms with E-state index in [1.54, 1.807) is 20.3 Å². The van der Waals surface area contributed by atoms with Gasteiger partial charge in [0.05, 0.1) is 18.7 Å². The third-order valence-electron chi connectivity index (χ3n) is 3.37. The van der Waals surface area contributed by atoms with Crippen LogP contribution in [0.5, 0.6) is 17.2 Å². The summed E-state index contributed by atoms with van der Waals surface area (Å²) in [5.74, 6) is 1.80. The molecule has 1 aromatic rings. The highest BCUT2D eigenvalue weighted by Gasteiger charge is 2.25. The minimum Gasteiger partial charge on any atom is -0.507 e. The van der Waals surface area contributed by atoms with Gasteiger partial charge in [-0.3, -0.25) is 0 Å². The van der Waals surface area contributed by atoms with Crippen molar-refractivity contribution < 1.29 is 14.6 Å². The van der Waals surface area contributed by atoms with Gasteiger partial charge in [0, 0.05) is 11.6 Å². The second-order valence-corrected chi connectivity index (χ2v) is 5.18. The van der Waals surface area contributed by atoms with Gasteiger partial charge in [-0.1, -0.05) is 0 Å². The van der Waals surface area contributed by atoms with E-state index < -0.39 is 0 Å². The van der Waals surface area contributed by atoms with E-state index in [-0.39, 0.29) is 5.75 Å². The average molecular weight is 316 g/mol. The molecule has 0 unspecified atom stereocenters. The van der Waals surface area contributed by atoms with Crippen LogP contribution in [0.3, 0.4) is 0 Å². The number of rotatable bonds is 3. The Labute approximate surface area is 115 Å². The summed E-state index contributed by atoms with van der Waals surface area (Å²) >= 11 is 3.53. The van der Waals surface area contributed by atoms with Crippen molar-refractivity contribution in [1.29, 1.82) is 0 Å². The van der Waals surface area contributed by atoms with E-state index >= 15 is 0 Å². The first kappa shape index (κ1) is 13.5. The number of halogens is 1. The highest BCUT2D eigenvalue weighted by atomic mass is 79.9. The van der Waals surface area contributed by atoms with E-state index in [1.807, 2.05) is 0 Å². The lowest BCUT2D eigenvalue weighted by molar-refractivity contribution is 0.345. The lowest BCUT2D eigenvalue weighted by atomic mass is 9.89. The van der Waals surface area contributed by atoms with Crippen LogP contribution in [-0.2, 0) is 0 Å². The predicted molar refractivity (Wildman–Crippen MR) is 73.8 cm³/mol. The maximum Gasteiger partial charge on any atom is 0.175 e. The Morgan fingerprint density at radius 2 is 1.94 bits per heavy atom. The number of piperidine rings is 1. The monoisotopic (exact) mass is 315 g/mol. The molecule has 0 aromatic heterocycles. The zero-order valence-corrected chi connectivity index (χ0v) is 12.2. The van der Waals surface area contributed by atoms with Crippen LogP contribution in [0.15, 0.2) is 10.5 Å². The first-order valence-electron chi connectivity index (χ1n) is 6.03. The number of hydrogen-bond acceptors (Lipinski definition) is 4. The van der Waals surface area contributed by atoms with Crippen molar-refractivity contribution >= 4 is 15.9 Å². The zero-order valence-electron chi connectivity index (χ0n) is 10.6. The van der Waals surface area contributed by atoms with Gasteiger partial charge in [-0.05, 0) is 47.8 Å². The standard InChI is InChI=1S/C13H18BrNO3/c1-17-10-7-9(16)11(12(14)13(10)18-2)8-3-5-15-6-4-8/h7-8,15-16H,3-6H2,1-2H3. The van der Waals surface area contributed by atoms with Crippen molar-refractivity contribution in [3.63, 3.8) is 0 Å². The Balaban J connectivity index is 2.46. The van der Waals surface area contributed by atoms with E-state index in [0.29, 0.717) is 17.4 Å².